The zero-order valence-electron chi connectivity index (χ0n) is 9.82. The van der Waals surface area contributed by atoms with Crippen LogP contribution in [0.3, 0.4) is 0 Å². The zero-order chi connectivity index (χ0) is 12.5. The summed E-state index contributed by atoms with van der Waals surface area (Å²) in [6.45, 7) is 2.64. The van der Waals surface area contributed by atoms with Crippen LogP contribution in [0.2, 0.25) is 0 Å². The van der Waals surface area contributed by atoms with E-state index in [0.29, 0.717) is 6.54 Å². The molecule has 1 aromatic carbocycles. The highest BCUT2D eigenvalue weighted by Crippen LogP contribution is 2.11. The number of nitrogens with one attached hydrogen (secondary N) is 1. The number of rotatable bonds is 5. The summed E-state index contributed by atoms with van der Waals surface area (Å²) >= 11 is 3.36. The number of allylic oxidation sites excluding steroid dienone is 1. The minimum Gasteiger partial charge on any atom is -0.352 e. The van der Waals surface area contributed by atoms with Crippen LogP contribution in [0.1, 0.15) is 18.9 Å². The fraction of sp³-hybridized carbons (Fsp3) is 0.214. The Kier molecular flexibility index (Phi) is 6.33. The molecule has 0 unspecified atom stereocenters. The predicted octanol–water partition coefficient (Wildman–Crippen LogP) is 3.54. The highest BCUT2D eigenvalue weighted by molar-refractivity contribution is 9.10. The summed E-state index contributed by atoms with van der Waals surface area (Å²) in [5.74, 6) is -0.0579. The molecule has 0 aliphatic carbocycles. The van der Waals surface area contributed by atoms with Crippen molar-refractivity contribution in [1.29, 1.82) is 0 Å². The summed E-state index contributed by atoms with van der Waals surface area (Å²) in [7, 11) is 0. The Morgan fingerprint density at radius 2 is 2.06 bits per heavy atom. The Morgan fingerprint density at radius 3 is 2.71 bits per heavy atom. The number of hydrogen-bond donors (Lipinski definition) is 1. The van der Waals surface area contributed by atoms with Gasteiger partial charge in [0.05, 0.1) is 0 Å². The van der Waals surface area contributed by atoms with Crippen LogP contribution in [0, 0.1) is 0 Å². The second-order valence-corrected chi connectivity index (χ2v) is 4.45. The smallest absolute Gasteiger partial charge is 0.244 e. The second-order valence-electron chi connectivity index (χ2n) is 3.53. The van der Waals surface area contributed by atoms with Crippen molar-refractivity contribution in [2.24, 2.45) is 0 Å². The quantitative estimate of drug-likeness (QED) is 0.502. The van der Waals surface area contributed by atoms with Gasteiger partial charge in [0.25, 0.3) is 0 Å². The van der Waals surface area contributed by atoms with Crippen molar-refractivity contribution in [3.8, 4) is 0 Å². The number of benzene rings is 1. The molecule has 1 aromatic rings. The fourth-order valence-electron chi connectivity index (χ4n) is 1.25. The third-order valence-corrected chi connectivity index (χ3v) is 2.67. The molecule has 0 radical (unpaired) electrons. The van der Waals surface area contributed by atoms with Gasteiger partial charge in [-0.05, 0) is 37.1 Å². The van der Waals surface area contributed by atoms with Gasteiger partial charge in [-0.15, -0.1) is 0 Å². The maximum Gasteiger partial charge on any atom is 0.244 e. The van der Waals surface area contributed by atoms with Crippen LogP contribution in [0.15, 0.2) is 47.0 Å². The van der Waals surface area contributed by atoms with E-state index < -0.39 is 0 Å². The van der Waals surface area contributed by atoms with E-state index in [1.54, 1.807) is 12.2 Å². The topological polar surface area (TPSA) is 29.1 Å². The monoisotopic (exact) mass is 293 g/mol. The molecular formula is C14H16BrNO. The van der Waals surface area contributed by atoms with Gasteiger partial charge in [-0.2, -0.15) is 0 Å². The Morgan fingerprint density at radius 1 is 1.35 bits per heavy atom. The molecule has 17 heavy (non-hydrogen) atoms. The zero-order valence-corrected chi connectivity index (χ0v) is 11.4. The van der Waals surface area contributed by atoms with Crippen LogP contribution in [-0.2, 0) is 4.79 Å². The third kappa shape index (κ3) is 6.07. The minimum absolute atomic E-state index is 0.0579. The predicted molar refractivity (Wildman–Crippen MR) is 75.6 cm³/mol. The maximum atomic E-state index is 11.4. The molecule has 0 fully saturated rings. The van der Waals surface area contributed by atoms with Gasteiger partial charge in [-0.25, -0.2) is 0 Å². The van der Waals surface area contributed by atoms with E-state index in [1.807, 2.05) is 43.3 Å². The fourth-order valence-corrected chi connectivity index (χ4v) is 1.51. The average Bonchev–Trinajstić information content (AvgIpc) is 2.34. The van der Waals surface area contributed by atoms with Gasteiger partial charge in [0.2, 0.25) is 5.91 Å². The first-order chi connectivity index (χ1) is 8.22. The van der Waals surface area contributed by atoms with Gasteiger partial charge in [-0.1, -0.05) is 40.2 Å². The lowest BCUT2D eigenvalue weighted by Gasteiger charge is -1.98. The molecule has 0 heterocycles. The molecule has 0 aliphatic heterocycles. The molecule has 0 saturated carbocycles. The number of amides is 1. The van der Waals surface area contributed by atoms with Gasteiger partial charge in [0.1, 0.15) is 0 Å². The van der Waals surface area contributed by atoms with Gasteiger partial charge in [0, 0.05) is 17.1 Å². The minimum atomic E-state index is -0.0579. The first-order valence-corrected chi connectivity index (χ1v) is 6.34. The molecule has 1 amide bonds. The van der Waals surface area contributed by atoms with Gasteiger partial charge in [0.15, 0.2) is 0 Å². The first-order valence-electron chi connectivity index (χ1n) is 5.55. The summed E-state index contributed by atoms with van der Waals surface area (Å²) in [6, 6.07) is 7.80. The lowest BCUT2D eigenvalue weighted by Crippen LogP contribution is -2.21. The second kappa shape index (κ2) is 7.85. The Bertz CT molecular complexity index is 407. The van der Waals surface area contributed by atoms with Crippen molar-refractivity contribution >= 4 is 27.9 Å². The molecule has 1 N–H and O–H groups in total. The van der Waals surface area contributed by atoms with E-state index >= 15 is 0 Å². The Hall–Kier alpha value is -1.35. The summed E-state index contributed by atoms with van der Waals surface area (Å²) in [5.41, 5.74) is 1.01. The Labute approximate surface area is 111 Å². The molecule has 1 rings (SSSR count). The molecule has 0 aromatic heterocycles. The van der Waals surface area contributed by atoms with E-state index in [0.717, 1.165) is 16.5 Å². The van der Waals surface area contributed by atoms with Crippen molar-refractivity contribution in [2.45, 2.75) is 13.3 Å². The standard InChI is InChI=1S/C14H16BrNO/c1-2-3-4-11-16-14(17)10-7-12-5-8-13(15)9-6-12/h2-3,5-10H,4,11H2,1H3,(H,16,17)/b3-2+,10-7+. The summed E-state index contributed by atoms with van der Waals surface area (Å²) in [6.07, 6.45) is 8.23. The lowest BCUT2D eigenvalue weighted by atomic mass is 10.2. The molecule has 2 nitrogen and oxygen atoms in total. The van der Waals surface area contributed by atoms with E-state index in [-0.39, 0.29) is 5.91 Å². The number of halogens is 1. The number of carbonyl (C=O) groups is 1. The van der Waals surface area contributed by atoms with Crippen LogP contribution < -0.4 is 5.32 Å². The Balaban J connectivity index is 2.37. The van der Waals surface area contributed by atoms with Crippen LogP contribution >= 0.6 is 15.9 Å². The molecular weight excluding hydrogens is 278 g/mol. The molecule has 0 spiro atoms. The van der Waals surface area contributed by atoms with Crippen molar-refractivity contribution in [2.75, 3.05) is 6.54 Å². The molecule has 0 bridgehead atoms. The van der Waals surface area contributed by atoms with E-state index in [1.165, 1.54) is 0 Å². The normalized spacial score (nSPS) is 11.2. The van der Waals surface area contributed by atoms with E-state index in [2.05, 4.69) is 21.2 Å². The highest BCUT2D eigenvalue weighted by atomic mass is 79.9. The van der Waals surface area contributed by atoms with Crippen molar-refractivity contribution in [1.82, 2.24) is 5.32 Å². The summed E-state index contributed by atoms with van der Waals surface area (Å²) in [4.78, 5) is 11.4. The van der Waals surface area contributed by atoms with Crippen LogP contribution in [0.25, 0.3) is 6.08 Å². The van der Waals surface area contributed by atoms with Gasteiger partial charge < -0.3 is 5.32 Å². The molecule has 3 heteroatoms. The number of carbonyl (C=O) groups excluding carboxylic acids is 1. The van der Waals surface area contributed by atoms with Gasteiger partial charge >= 0.3 is 0 Å². The molecule has 90 valence electrons. The summed E-state index contributed by atoms with van der Waals surface area (Å²) in [5, 5.41) is 2.81. The third-order valence-electron chi connectivity index (χ3n) is 2.14. The molecule has 0 atom stereocenters. The lowest BCUT2D eigenvalue weighted by molar-refractivity contribution is -0.116. The maximum absolute atomic E-state index is 11.4. The van der Waals surface area contributed by atoms with Crippen molar-refractivity contribution in [3.63, 3.8) is 0 Å². The average molecular weight is 294 g/mol. The van der Waals surface area contributed by atoms with E-state index in [4.69, 9.17) is 0 Å². The van der Waals surface area contributed by atoms with Gasteiger partial charge in [-0.3, -0.25) is 4.79 Å². The summed E-state index contributed by atoms with van der Waals surface area (Å²) < 4.78 is 1.03. The largest absolute Gasteiger partial charge is 0.352 e. The van der Waals surface area contributed by atoms with Crippen LogP contribution in [0.4, 0.5) is 0 Å². The van der Waals surface area contributed by atoms with Crippen LogP contribution in [0.5, 0.6) is 0 Å². The molecule has 0 saturated heterocycles. The van der Waals surface area contributed by atoms with Crippen LogP contribution in [-0.4, -0.2) is 12.5 Å². The SMILES string of the molecule is C/C=C/CCNC(=O)/C=C/c1ccc(Br)cc1. The number of hydrogen-bond acceptors (Lipinski definition) is 1. The van der Waals surface area contributed by atoms with Crippen molar-refractivity contribution < 1.29 is 4.79 Å². The first kappa shape index (κ1) is 13.7. The highest BCUT2D eigenvalue weighted by Gasteiger charge is 1.93. The molecule has 0 aliphatic rings. The van der Waals surface area contributed by atoms with Crippen molar-refractivity contribution in [3.05, 3.63) is 52.5 Å². The van der Waals surface area contributed by atoms with E-state index in [9.17, 15) is 4.79 Å².